The summed E-state index contributed by atoms with van der Waals surface area (Å²) >= 11 is 0. The molecular formula is C17H24N2O6S. The molecule has 0 saturated heterocycles. The number of rotatable bonds is 6. The number of ether oxygens (including phenoxy) is 1. The van der Waals surface area contributed by atoms with Crippen molar-refractivity contribution < 1.29 is 27.9 Å². The van der Waals surface area contributed by atoms with Crippen LogP contribution < -0.4 is 5.32 Å². The van der Waals surface area contributed by atoms with E-state index in [0.29, 0.717) is 12.8 Å². The Bertz CT molecular complexity index is 769. The molecule has 0 atom stereocenters. The highest BCUT2D eigenvalue weighted by Crippen LogP contribution is 2.29. The summed E-state index contributed by atoms with van der Waals surface area (Å²) in [5.41, 5.74) is -1.25. The minimum Gasteiger partial charge on any atom is -0.453 e. The molecule has 26 heavy (non-hydrogen) atoms. The fourth-order valence-electron chi connectivity index (χ4n) is 2.75. The minimum atomic E-state index is -3.62. The van der Waals surface area contributed by atoms with Crippen molar-refractivity contribution in [1.82, 2.24) is 4.31 Å². The van der Waals surface area contributed by atoms with Crippen LogP contribution in [0.4, 0.5) is 5.69 Å². The highest BCUT2D eigenvalue weighted by molar-refractivity contribution is 7.89. The average Bonchev–Trinajstić information content (AvgIpc) is 2.60. The van der Waals surface area contributed by atoms with Crippen LogP contribution in [-0.2, 0) is 24.3 Å². The number of aliphatic hydroxyl groups is 1. The molecule has 2 rings (SSSR count). The van der Waals surface area contributed by atoms with Crippen LogP contribution in [-0.4, -0.2) is 56.0 Å². The van der Waals surface area contributed by atoms with Crippen LogP contribution in [0.15, 0.2) is 29.2 Å². The van der Waals surface area contributed by atoms with Crippen molar-refractivity contribution in [2.24, 2.45) is 0 Å². The minimum absolute atomic E-state index is 0.0359. The van der Waals surface area contributed by atoms with Gasteiger partial charge in [-0.2, -0.15) is 0 Å². The second kappa shape index (κ2) is 8.15. The number of amides is 1. The quantitative estimate of drug-likeness (QED) is 0.711. The molecule has 9 heteroatoms. The lowest BCUT2D eigenvalue weighted by atomic mass is 9.85. The summed E-state index contributed by atoms with van der Waals surface area (Å²) in [6.45, 7) is -0.550. The molecule has 1 aromatic rings. The van der Waals surface area contributed by atoms with Crippen molar-refractivity contribution in [2.45, 2.75) is 42.6 Å². The van der Waals surface area contributed by atoms with Crippen molar-refractivity contribution in [3.63, 3.8) is 0 Å². The number of nitrogens with zero attached hydrogens (tertiary/aromatic N) is 1. The number of carbonyl (C=O) groups excluding carboxylic acids is 2. The normalized spacial score (nSPS) is 16.9. The predicted molar refractivity (Wildman–Crippen MR) is 94.9 cm³/mol. The van der Waals surface area contributed by atoms with Gasteiger partial charge in [0, 0.05) is 19.8 Å². The molecular weight excluding hydrogens is 360 g/mol. The number of benzene rings is 1. The molecule has 144 valence electrons. The Morgan fingerprint density at radius 1 is 1.23 bits per heavy atom. The number of hydrogen-bond donors (Lipinski definition) is 2. The first kappa shape index (κ1) is 20.3. The summed E-state index contributed by atoms with van der Waals surface area (Å²) in [6, 6.07) is 5.78. The number of sulfonamides is 1. The zero-order valence-electron chi connectivity index (χ0n) is 14.9. The van der Waals surface area contributed by atoms with Crippen molar-refractivity contribution in [3.05, 3.63) is 24.3 Å². The van der Waals surface area contributed by atoms with Gasteiger partial charge < -0.3 is 15.2 Å². The van der Waals surface area contributed by atoms with Gasteiger partial charge in [-0.15, -0.1) is 0 Å². The van der Waals surface area contributed by atoms with Gasteiger partial charge in [-0.05, 0) is 43.9 Å². The second-order valence-electron chi connectivity index (χ2n) is 6.53. The fraction of sp³-hybridized carbons (Fsp3) is 0.529. The molecule has 0 unspecified atom stereocenters. The second-order valence-corrected chi connectivity index (χ2v) is 8.68. The lowest BCUT2D eigenvalue weighted by molar-refractivity contribution is -0.170. The molecule has 0 bridgehead atoms. The Labute approximate surface area is 153 Å². The van der Waals surface area contributed by atoms with E-state index in [1.54, 1.807) is 0 Å². The van der Waals surface area contributed by atoms with Crippen LogP contribution in [0, 0.1) is 0 Å². The van der Waals surface area contributed by atoms with Gasteiger partial charge >= 0.3 is 5.97 Å². The molecule has 1 amide bonds. The maximum Gasteiger partial charge on any atom is 0.338 e. The van der Waals surface area contributed by atoms with Gasteiger partial charge in [0.2, 0.25) is 10.0 Å². The summed E-state index contributed by atoms with van der Waals surface area (Å²) < 4.78 is 30.2. The summed E-state index contributed by atoms with van der Waals surface area (Å²) in [5.74, 6) is -1.41. The van der Waals surface area contributed by atoms with Gasteiger partial charge in [-0.3, -0.25) is 4.79 Å². The molecule has 1 aliphatic carbocycles. The summed E-state index contributed by atoms with van der Waals surface area (Å²) in [4.78, 5) is 24.0. The number of anilines is 1. The Kier molecular flexibility index (Phi) is 6.38. The van der Waals surface area contributed by atoms with Gasteiger partial charge in [0.25, 0.3) is 5.91 Å². The first-order chi connectivity index (χ1) is 12.1. The maximum atomic E-state index is 12.1. The predicted octanol–water partition coefficient (Wildman–Crippen LogP) is 1.11. The van der Waals surface area contributed by atoms with E-state index in [1.807, 2.05) is 0 Å². The number of esters is 1. The number of hydrogen-bond acceptors (Lipinski definition) is 6. The Balaban J connectivity index is 1.95. The summed E-state index contributed by atoms with van der Waals surface area (Å²) in [7, 11) is -0.794. The molecule has 1 fully saturated rings. The van der Waals surface area contributed by atoms with Crippen LogP contribution in [0.3, 0.4) is 0 Å². The highest BCUT2D eigenvalue weighted by Gasteiger charge is 2.38. The van der Waals surface area contributed by atoms with E-state index >= 15 is 0 Å². The lowest BCUT2D eigenvalue weighted by Gasteiger charge is -2.29. The SMILES string of the molecule is CN(C)S(=O)(=O)c1cccc(NC(=O)COC(=O)C2(O)CCCCC2)c1. The van der Waals surface area contributed by atoms with Crippen LogP contribution in [0.5, 0.6) is 0 Å². The van der Waals surface area contributed by atoms with Gasteiger partial charge in [0.05, 0.1) is 4.90 Å². The van der Waals surface area contributed by atoms with E-state index < -0.39 is 34.1 Å². The molecule has 8 nitrogen and oxygen atoms in total. The first-order valence-corrected chi connectivity index (χ1v) is 9.81. The molecule has 0 heterocycles. The first-order valence-electron chi connectivity index (χ1n) is 8.37. The average molecular weight is 384 g/mol. The zero-order chi connectivity index (χ0) is 19.4. The third-order valence-electron chi connectivity index (χ3n) is 4.29. The molecule has 0 aliphatic heterocycles. The van der Waals surface area contributed by atoms with Gasteiger partial charge in [-0.25, -0.2) is 17.5 Å². The Morgan fingerprint density at radius 2 is 1.88 bits per heavy atom. The molecule has 0 spiro atoms. The molecule has 0 aromatic heterocycles. The summed E-state index contributed by atoms with van der Waals surface area (Å²) in [5, 5.41) is 12.7. The van der Waals surface area contributed by atoms with E-state index in [9.17, 15) is 23.1 Å². The molecule has 1 aromatic carbocycles. The fourth-order valence-corrected chi connectivity index (χ4v) is 3.70. The van der Waals surface area contributed by atoms with E-state index in [1.165, 1.54) is 38.4 Å². The zero-order valence-corrected chi connectivity index (χ0v) is 15.7. The van der Waals surface area contributed by atoms with Crippen molar-refractivity contribution in [3.8, 4) is 0 Å². The largest absolute Gasteiger partial charge is 0.453 e. The van der Waals surface area contributed by atoms with E-state index in [4.69, 9.17) is 4.74 Å². The van der Waals surface area contributed by atoms with E-state index in [0.717, 1.165) is 23.6 Å². The Hall–Kier alpha value is -1.97. The lowest BCUT2D eigenvalue weighted by Crippen LogP contribution is -2.42. The third-order valence-corrected chi connectivity index (χ3v) is 6.10. The number of nitrogens with one attached hydrogen (secondary N) is 1. The monoisotopic (exact) mass is 384 g/mol. The van der Waals surface area contributed by atoms with Crippen LogP contribution in [0.25, 0.3) is 0 Å². The highest BCUT2D eigenvalue weighted by atomic mass is 32.2. The maximum absolute atomic E-state index is 12.1. The molecule has 2 N–H and O–H groups in total. The van der Waals surface area contributed by atoms with E-state index in [2.05, 4.69) is 5.32 Å². The van der Waals surface area contributed by atoms with Crippen molar-refractivity contribution >= 4 is 27.6 Å². The number of carbonyl (C=O) groups is 2. The van der Waals surface area contributed by atoms with Crippen molar-refractivity contribution in [1.29, 1.82) is 0 Å². The van der Waals surface area contributed by atoms with Crippen LogP contribution in [0.2, 0.25) is 0 Å². The van der Waals surface area contributed by atoms with Crippen LogP contribution >= 0.6 is 0 Å². The molecule has 1 saturated carbocycles. The molecule has 0 radical (unpaired) electrons. The van der Waals surface area contributed by atoms with Gasteiger partial charge in [-0.1, -0.05) is 12.5 Å². The standard InChI is InChI=1S/C17H24N2O6S/c1-19(2)26(23,24)14-8-6-7-13(11-14)18-15(20)12-25-16(21)17(22)9-4-3-5-10-17/h6-8,11,22H,3-5,9-10,12H2,1-2H3,(H,18,20). The summed E-state index contributed by atoms with van der Waals surface area (Å²) in [6.07, 6.45) is 3.11. The van der Waals surface area contributed by atoms with Gasteiger partial charge in [0.15, 0.2) is 12.2 Å². The smallest absolute Gasteiger partial charge is 0.338 e. The van der Waals surface area contributed by atoms with E-state index in [-0.39, 0.29) is 10.6 Å². The van der Waals surface area contributed by atoms with Crippen molar-refractivity contribution in [2.75, 3.05) is 26.0 Å². The topological polar surface area (TPSA) is 113 Å². The van der Waals surface area contributed by atoms with Gasteiger partial charge in [0.1, 0.15) is 0 Å². The third kappa shape index (κ3) is 4.80. The molecule has 1 aliphatic rings. The Morgan fingerprint density at radius 3 is 2.50 bits per heavy atom. The van der Waals surface area contributed by atoms with Crippen LogP contribution in [0.1, 0.15) is 32.1 Å².